The molecule has 4 heteroatoms. The first-order valence-electron chi connectivity index (χ1n) is 7.88. The van der Waals surface area contributed by atoms with E-state index in [4.69, 9.17) is 0 Å². The van der Waals surface area contributed by atoms with Crippen molar-refractivity contribution < 1.29 is 4.39 Å². The van der Waals surface area contributed by atoms with E-state index < -0.39 is 0 Å². The summed E-state index contributed by atoms with van der Waals surface area (Å²) in [5.74, 6) is 0.436. The number of nitrogens with zero attached hydrogens (tertiary/aromatic N) is 2. The summed E-state index contributed by atoms with van der Waals surface area (Å²) in [6, 6.07) is 6.07. The van der Waals surface area contributed by atoms with Crippen molar-refractivity contribution in [2.45, 2.75) is 32.9 Å². The molecule has 1 aromatic rings. The highest BCUT2D eigenvalue weighted by molar-refractivity contribution is 5.57. The summed E-state index contributed by atoms with van der Waals surface area (Å²) in [5, 5.41) is 3.39. The average molecular weight is 293 g/mol. The Balaban J connectivity index is 2.31. The van der Waals surface area contributed by atoms with Crippen molar-refractivity contribution in [3.63, 3.8) is 0 Å². The van der Waals surface area contributed by atoms with Gasteiger partial charge in [0.15, 0.2) is 0 Å². The van der Waals surface area contributed by atoms with Gasteiger partial charge < -0.3 is 15.1 Å². The van der Waals surface area contributed by atoms with Crippen LogP contribution in [0.4, 0.5) is 10.1 Å². The summed E-state index contributed by atoms with van der Waals surface area (Å²) in [7, 11) is 4.21. The van der Waals surface area contributed by atoms with E-state index in [0.717, 1.165) is 30.9 Å². The Morgan fingerprint density at radius 2 is 2.10 bits per heavy atom. The molecule has 3 atom stereocenters. The summed E-state index contributed by atoms with van der Waals surface area (Å²) in [4.78, 5) is 4.47. The molecule has 0 saturated carbocycles. The van der Waals surface area contributed by atoms with Gasteiger partial charge in [-0.25, -0.2) is 4.39 Å². The third-order valence-electron chi connectivity index (χ3n) is 4.55. The largest absolute Gasteiger partial charge is 0.367 e. The Labute approximate surface area is 128 Å². The predicted octanol–water partition coefficient (Wildman–Crippen LogP) is 2.88. The zero-order valence-electron chi connectivity index (χ0n) is 13.9. The Kier molecular flexibility index (Phi) is 5.22. The van der Waals surface area contributed by atoms with Crippen LogP contribution in [0, 0.1) is 11.7 Å². The Bertz CT molecular complexity index is 475. The lowest BCUT2D eigenvalue weighted by atomic mass is 10.0. The van der Waals surface area contributed by atoms with Crippen LogP contribution in [0.25, 0.3) is 0 Å². The molecule has 0 aromatic heterocycles. The quantitative estimate of drug-likeness (QED) is 0.900. The molecule has 1 heterocycles. The van der Waals surface area contributed by atoms with E-state index in [-0.39, 0.29) is 11.9 Å². The van der Waals surface area contributed by atoms with Gasteiger partial charge in [-0.15, -0.1) is 0 Å². The maximum absolute atomic E-state index is 14.5. The van der Waals surface area contributed by atoms with Crippen LogP contribution in [-0.2, 0) is 0 Å². The molecular weight excluding hydrogens is 265 g/mol. The van der Waals surface area contributed by atoms with Crippen LogP contribution in [0.15, 0.2) is 18.2 Å². The molecule has 2 rings (SSSR count). The highest BCUT2D eigenvalue weighted by Gasteiger charge is 2.33. The summed E-state index contributed by atoms with van der Waals surface area (Å²) >= 11 is 0. The van der Waals surface area contributed by atoms with Crippen molar-refractivity contribution in [3.05, 3.63) is 29.6 Å². The molecule has 1 N–H and O–H groups in total. The van der Waals surface area contributed by atoms with E-state index in [9.17, 15) is 4.39 Å². The number of hydrogen-bond acceptors (Lipinski definition) is 3. The minimum absolute atomic E-state index is 0.108. The van der Waals surface area contributed by atoms with E-state index in [0.29, 0.717) is 12.0 Å². The number of benzene rings is 1. The standard InChI is InChI=1S/C17H28FN3/c1-6-19-13(3)14-8-7-9-15(18)17(14)21-10-12(2)16(11-21)20(4)5/h7-9,12-13,16,19H,6,10-11H2,1-5H3. The fourth-order valence-corrected chi connectivity index (χ4v) is 3.44. The van der Waals surface area contributed by atoms with Gasteiger partial charge in [0.2, 0.25) is 0 Å². The number of nitrogens with one attached hydrogen (secondary N) is 1. The Hall–Kier alpha value is -1.13. The Morgan fingerprint density at radius 1 is 1.38 bits per heavy atom. The van der Waals surface area contributed by atoms with Gasteiger partial charge in [-0.2, -0.15) is 0 Å². The molecule has 0 amide bonds. The van der Waals surface area contributed by atoms with Gasteiger partial charge in [0.05, 0.1) is 5.69 Å². The third kappa shape index (κ3) is 3.38. The topological polar surface area (TPSA) is 18.5 Å². The van der Waals surface area contributed by atoms with E-state index in [2.05, 4.69) is 50.0 Å². The summed E-state index contributed by atoms with van der Waals surface area (Å²) < 4.78 is 14.5. The lowest BCUT2D eigenvalue weighted by molar-refractivity contribution is 0.266. The maximum Gasteiger partial charge on any atom is 0.146 e. The first-order chi connectivity index (χ1) is 9.95. The van der Waals surface area contributed by atoms with Crippen molar-refractivity contribution in [1.29, 1.82) is 0 Å². The summed E-state index contributed by atoms with van der Waals surface area (Å²) in [6.07, 6.45) is 0. The zero-order valence-corrected chi connectivity index (χ0v) is 13.9. The van der Waals surface area contributed by atoms with Crippen molar-refractivity contribution >= 4 is 5.69 Å². The SMILES string of the molecule is CCNC(C)c1cccc(F)c1N1CC(C)C(N(C)C)C1. The minimum Gasteiger partial charge on any atom is -0.367 e. The third-order valence-corrected chi connectivity index (χ3v) is 4.55. The molecule has 1 aliphatic heterocycles. The van der Waals surface area contributed by atoms with E-state index in [1.54, 1.807) is 6.07 Å². The van der Waals surface area contributed by atoms with Crippen LogP contribution in [0.2, 0.25) is 0 Å². The van der Waals surface area contributed by atoms with E-state index in [1.165, 1.54) is 0 Å². The molecule has 1 saturated heterocycles. The number of anilines is 1. The van der Waals surface area contributed by atoms with Gasteiger partial charge in [-0.05, 0) is 45.1 Å². The molecule has 21 heavy (non-hydrogen) atoms. The zero-order chi connectivity index (χ0) is 15.6. The van der Waals surface area contributed by atoms with Crippen LogP contribution in [0.5, 0.6) is 0 Å². The van der Waals surface area contributed by atoms with Gasteiger partial charge in [0, 0.05) is 25.2 Å². The first-order valence-corrected chi connectivity index (χ1v) is 7.88. The normalized spacial score (nSPS) is 23.9. The van der Waals surface area contributed by atoms with Gasteiger partial charge >= 0.3 is 0 Å². The van der Waals surface area contributed by atoms with Crippen molar-refractivity contribution in [2.24, 2.45) is 5.92 Å². The van der Waals surface area contributed by atoms with Gasteiger partial charge in [-0.3, -0.25) is 0 Å². The highest BCUT2D eigenvalue weighted by atomic mass is 19.1. The van der Waals surface area contributed by atoms with Crippen LogP contribution in [0.1, 0.15) is 32.4 Å². The van der Waals surface area contributed by atoms with Crippen molar-refractivity contribution in [1.82, 2.24) is 10.2 Å². The van der Waals surface area contributed by atoms with Gasteiger partial charge in [0.25, 0.3) is 0 Å². The molecule has 118 valence electrons. The fourth-order valence-electron chi connectivity index (χ4n) is 3.44. The fraction of sp³-hybridized carbons (Fsp3) is 0.647. The molecule has 3 unspecified atom stereocenters. The van der Waals surface area contributed by atoms with E-state index in [1.807, 2.05) is 12.1 Å². The molecule has 0 spiro atoms. The molecule has 0 aliphatic carbocycles. The molecule has 1 fully saturated rings. The highest BCUT2D eigenvalue weighted by Crippen LogP contribution is 2.34. The van der Waals surface area contributed by atoms with Gasteiger partial charge in [-0.1, -0.05) is 26.0 Å². The molecule has 0 bridgehead atoms. The summed E-state index contributed by atoms with van der Waals surface area (Å²) in [6.45, 7) is 9.11. The molecule has 0 radical (unpaired) electrons. The number of para-hydroxylation sites is 1. The van der Waals surface area contributed by atoms with Crippen LogP contribution >= 0.6 is 0 Å². The molecule has 1 aliphatic rings. The second-order valence-corrected chi connectivity index (χ2v) is 6.37. The predicted molar refractivity (Wildman–Crippen MR) is 87.3 cm³/mol. The van der Waals surface area contributed by atoms with Crippen LogP contribution < -0.4 is 10.2 Å². The summed E-state index contributed by atoms with van der Waals surface area (Å²) in [5.41, 5.74) is 1.84. The number of likely N-dealkylation sites (N-methyl/N-ethyl adjacent to an activating group) is 1. The number of halogens is 1. The van der Waals surface area contributed by atoms with E-state index >= 15 is 0 Å². The van der Waals surface area contributed by atoms with Crippen molar-refractivity contribution in [3.8, 4) is 0 Å². The molecule has 1 aromatic carbocycles. The second-order valence-electron chi connectivity index (χ2n) is 6.37. The van der Waals surface area contributed by atoms with Crippen LogP contribution in [0.3, 0.4) is 0 Å². The second kappa shape index (κ2) is 6.75. The lowest BCUT2D eigenvalue weighted by Crippen LogP contribution is -2.34. The first kappa shape index (κ1) is 16.2. The average Bonchev–Trinajstić information content (AvgIpc) is 2.80. The van der Waals surface area contributed by atoms with Crippen LogP contribution in [-0.4, -0.2) is 44.7 Å². The van der Waals surface area contributed by atoms with Crippen molar-refractivity contribution in [2.75, 3.05) is 38.6 Å². The number of rotatable bonds is 5. The minimum atomic E-state index is -0.108. The lowest BCUT2D eigenvalue weighted by Gasteiger charge is -2.26. The number of hydrogen-bond donors (Lipinski definition) is 1. The maximum atomic E-state index is 14.5. The molecular formula is C17H28FN3. The molecule has 3 nitrogen and oxygen atoms in total. The smallest absolute Gasteiger partial charge is 0.146 e. The Morgan fingerprint density at radius 3 is 2.67 bits per heavy atom. The van der Waals surface area contributed by atoms with Gasteiger partial charge in [0.1, 0.15) is 5.82 Å². The monoisotopic (exact) mass is 293 g/mol.